The lowest BCUT2D eigenvalue weighted by atomic mass is 10.1. The van der Waals surface area contributed by atoms with E-state index in [1.54, 1.807) is 39.8 Å². The number of amides is 2. The molecule has 0 aliphatic carbocycles. The number of hydrogen-bond donors (Lipinski definition) is 1. The Balaban J connectivity index is 1.47. The van der Waals surface area contributed by atoms with Gasteiger partial charge in [0.15, 0.2) is 5.16 Å². The molecule has 1 saturated heterocycles. The van der Waals surface area contributed by atoms with Gasteiger partial charge in [-0.1, -0.05) is 37.2 Å². The molecular weight excluding hydrogens is 472 g/mol. The van der Waals surface area contributed by atoms with Gasteiger partial charge in [-0.2, -0.15) is 0 Å². The summed E-state index contributed by atoms with van der Waals surface area (Å²) in [6.45, 7) is 5.46. The van der Waals surface area contributed by atoms with Crippen LogP contribution in [0.5, 0.6) is 0 Å². The van der Waals surface area contributed by atoms with Crippen LogP contribution in [0.25, 0.3) is 10.9 Å². The van der Waals surface area contributed by atoms with E-state index in [-0.39, 0.29) is 23.1 Å². The Bertz CT molecular complexity index is 1270. The lowest BCUT2D eigenvalue weighted by molar-refractivity contribution is -0.117. The number of carbonyl (C=O) groups excluding carboxylic acids is 2. The highest BCUT2D eigenvalue weighted by atomic mass is 35.5. The van der Waals surface area contributed by atoms with Crippen molar-refractivity contribution >= 4 is 57.5 Å². The highest BCUT2D eigenvalue weighted by Crippen LogP contribution is 2.24. The summed E-state index contributed by atoms with van der Waals surface area (Å²) in [7, 11) is 0. The molecule has 2 heterocycles. The number of nitrogens with one attached hydrogen (secondary N) is 1. The average molecular weight is 499 g/mol. The molecule has 1 aliphatic rings. The first-order valence-electron chi connectivity index (χ1n) is 11.3. The van der Waals surface area contributed by atoms with Gasteiger partial charge in [-0.15, -0.1) is 0 Å². The van der Waals surface area contributed by atoms with Gasteiger partial charge >= 0.3 is 0 Å². The number of fused-ring (bicyclic) bond motifs is 1. The Kier molecular flexibility index (Phi) is 7.58. The molecule has 0 unspecified atom stereocenters. The van der Waals surface area contributed by atoms with Crippen LogP contribution in [0.15, 0.2) is 52.4 Å². The molecule has 2 aromatic carbocycles. The van der Waals surface area contributed by atoms with Crippen LogP contribution in [0.1, 0.15) is 33.1 Å². The highest BCUT2D eigenvalue weighted by molar-refractivity contribution is 7.99. The minimum absolute atomic E-state index is 0.104. The maximum atomic E-state index is 13.1. The van der Waals surface area contributed by atoms with Gasteiger partial charge in [-0.25, -0.2) is 4.98 Å². The number of rotatable bonds is 8. The predicted octanol–water partition coefficient (Wildman–Crippen LogP) is 4.95. The van der Waals surface area contributed by atoms with Gasteiger partial charge in [0.2, 0.25) is 11.8 Å². The minimum atomic E-state index is -0.203. The third kappa shape index (κ3) is 5.62. The first kappa shape index (κ1) is 24.3. The zero-order valence-corrected chi connectivity index (χ0v) is 20.8. The van der Waals surface area contributed by atoms with E-state index in [0.29, 0.717) is 45.7 Å². The first-order chi connectivity index (χ1) is 16.3. The number of hydrogen-bond acceptors (Lipinski definition) is 5. The summed E-state index contributed by atoms with van der Waals surface area (Å²) in [6.07, 6.45) is 2.27. The van der Waals surface area contributed by atoms with E-state index in [1.807, 2.05) is 12.1 Å². The van der Waals surface area contributed by atoms with Crippen LogP contribution in [0, 0.1) is 5.92 Å². The summed E-state index contributed by atoms with van der Waals surface area (Å²) in [5, 5.41) is 4.39. The van der Waals surface area contributed by atoms with Gasteiger partial charge in [0.05, 0.1) is 16.7 Å². The molecule has 7 nitrogen and oxygen atoms in total. The van der Waals surface area contributed by atoms with Gasteiger partial charge in [0.1, 0.15) is 0 Å². The zero-order valence-electron chi connectivity index (χ0n) is 19.2. The Morgan fingerprint density at radius 1 is 1.18 bits per heavy atom. The maximum Gasteiger partial charge on any atom is 0.262 e. The maximum absolute atomic E-state index is 13.1. The summed E-state index contributed by atoms with van der Waals surface area (Å²) < 4.78 is 1.65. The molecule has 4 rings (SSSR count). The van der Waals surface area contributed by atoms with Crippen LogP contribution < -0.4 is 15.8 Å². The minimum Gasteiger partial charge on any atom is -0.325 e. The number of thioether (sulfide) groups is 1. The fraction of sp³-hybridized carbons (Fsp3) is 0.360. The van der Waals surface area contributed by atoms with Crippen molar-refractivity contribution in [3.8, 4) is 0 Å². The Labute approximate surface area is 207 Å². The molecule has 1 N–H and O–H groups in total. The normalized spacial score (nSPS) is 13.8. The monoisotopic (exact) mass is 498 g/mol. The van der Waals surface area contributed by atoms with E-state index >= 15 is 0 Å². The van der Waals surface area contributed by atoms with Crippen molar-refractivity contribution in [3.63, 3.8) is 0 Å². The number of halogens is 1. The molecule has 9 heteroatoms. The predicted molar refractivity (Wildman–Crippen MR) is 138 cm³/mol. The second-order valence-corrected chi connectivity index (χ2v) is 10.1. The van der Waals surface area contributed by atoms with Gasteiger partial charge in [-0.05, 0) is 61.2 Å². The highest BCUT2D eigenvalue weighted by Gasteiger charge is 2.21. The Hall–Kier alpha value is -2.84. The molecule has 1 aromatic heterocycles. The fourth-order valence-corrected chi connectivity index (χ4v) is 4.83. The zero-order chi connectivity index (χ0) is 24.2. The number of nitrogens with zero attached hydrogens (tertiary/aromatic N) is 3. The molecule has 34 heavy (non-hydrogen) atoms. The quantitative estimate of drug-likeness (QED) is 0.351. The molecule has 3 aromatic rings. The van der Waals surface area contributed by atoms with Gasteiger partial charge in [-0.3, -0.25) is 19.0 Å². The summed E-state index contributed by atoms with van der Waals surface area (Å²) in [6, 6.07) is 12.3. The van der Waals surface area contributed by atoms with Crippen molar-refractivity contribution in [2.24, 2.45) is 5.92 Å². The second-order valence-electron chi connectivity index (χ2n) is 8.73. The van der Waals surface area contributed by atoms with Gasteiger partial charge in [0.25, 0.3) is 5.56 Å². The molecule has 0 saturated carbocycles. The van der Waals surface area contributed by atoms with E-state index in [9.17, 15) is 14.4 Å². The lowest BCUT2D eigenvalue weighted by Crippen LogP contribution is -2.25. The number of carbonyl (C=O) groups is 2. The van der Waals surface area contributed by atoms with Crippen molar-refractivity contribution in [1.29, 1.82) is 0 Å². The van der Waals surface area contributed by atoms with Crippen LogP contribution in [0.4, 0.5) is 11.4 Å². The summed E-state index contributed by atoms with van der Waals surface area (Å²) in [4.78, 5) is 44.0. The SMILES string of the molecule is CC(C)CCn1c(SCC(=O)Nc2ccc(N3CCCC3=O)cc2)nc2cc(Cl)ccc2c1=O. The summed E-state index contributed by atoms with van der Waals surface area (Å²) in [5.74, 6) is 0.450. The molecule has 0 atom stereocenters. The fourth-order valence-electron chi connectivity index (χ4n) is 3.84. The summed E-state index contributed by atoms with van der Waals surface area (Å²) in [5.41, 5.74) is 1.88. The summed E-state index contributed by atoms with van der Waals surface area (Å²) >= 11 is 7.33. The smallest absolute Gasteiger partial charge is 0.262 e. The van der Waals surface area contributed by atoms with Crippen LogP contribution in [-0.4, -0.2) is 33.7 Å². The second kappa shape index (κ2) is 10.6. The number of anilines is 2. The van der Waals surface area contributed by atoms with E-state index < -0.39 is 0 Å². The van der Waals surface area contributed by atoms with Gasteiger partial charge in [0, 0.05) is 35.9 Å². The molecule has 0 spiro atoms. The van der Waals surface area contributed by atoms with Gasteiger partial charge < -0.3 is 10.2 Å². The molecule has 2 amide bonds. The molecule has 1 fully saturated rings. The third-order valence-electron chi connectivity index (χ3n) is 5.68. The Morgan fingerprint density at radius 3 is 2.62 bits per heavy atom. The van der Waals surface area contributed by atoms with Crippen LogP contribution >= 0.6 is 23.4 Å². The van der Waals surface area contributed by atoms with E-state index in [0.717, 1.165) is 25.1 Å². The van der Waals surface area contributed by atoms with Crippen LogP contribution in [0.2, 0.25) is 5.02 Å². The van der Waals surface area contributed by atoms with E-state index in [2.05, 4.69) is 24.1 Å². The molecule has 1 aliphatic heterocycles. The number of aromatic nitrogens is 2. The van der Waals surface area contributed by atoms with Crippen molar-refractivity contribution in [1.82, 2.24) is 9.55 Å². The lowest BCUT2D eigenvalue weighted by Gasteiger charge is -2.16. The first-order valence-corrected chi connectivity index (χ1v) is 12.7. The average Bonchev–Trinajstić information content (AvgIpc) is 3.23. The van der Waals surface area contributed by atoms with E-state index in [4.69, 9.17) is 11.6 Å². The van der Waals surface area contributed by atoms with Crippen molar-refractivity contribution in [2.75, 3.05) is 22.5 Å². The largest absolute Gasteiger partial charge is 0.325 e. The van der Waals surface area contributed by atoms with Crippen molar-refractivity contribution in [2.45, 2.75) is 44.8 Å². The molecule has 0 bridgehead atoms. The number of benzene rings is 2. The topological polar surface area (TPSA) is 84.3 Å². The van der Waals surface area contributed by atoms with E-state index in [1.165, 1.54) is 11.8 Å². The van der Waals surface area contributed by atoms with Crippen LogP contribution in [0.3, 0.4) is 0 Å². The Morgan fingerprint density at radius 2 is 1.94 bits per heavy atom. The molecule has 0 radical (unpaired) electrons. The third-order valence-corrected chi connectivity index (χ3v) is 6.89. The van der Waals surface area contributed by atoms with Crippen molar-refractivity contribution < 1.29 is 9.59 Å². The molecular formula is C25H27ClN4O3S. The van der Waals surface area contributed by atoms with Crippen LogP contribution in [-0.2, 0) is 16.1 Å². The molecule has 178 valence electrons. The standard InChI is InChI=1S/C25H27ClN4O3S/c1-16(2)11-13-30-24(33)20-10-5-17(26)14-21(20)28-25(30)34-15-22(31)27-18-6-8-19(9-7-18)29-12-3-4-23(29)32/h5-10,14,16H,3-4,11-13,15H2,1-2H3,(H,27,31). The van der Waals surface area contributed by atoms with Crippen molar-refractivity contribution in [3.05, 3.63) is 57.8 Å².